The van der Waals surface area contributed by atoms with Crippen molar-refractivity contribution in [3.05, 3.63) is 50.1 Å². The van der Waals surface area contributed by atoms with Gasteiger partial charge in [-0.3, -0.25) is 0 Å². The zero-order valence-corrected chi connectivity index (χ0v) is 13.7. The van der Waals surface area contributed by atoms with Gasteiger partial charge in [-0.05, 0) is 41.1 Å². The molecule has 0 aliphatic heterocycles. The minimum atomic E-state index is 0.0665. The Balaban J connectivity index is 2.25. The van der Waals surface area contributed by atoms with Gasteiger partial charge in [0.25, 0.3) is 0 Å². The number of thioether (sulfide) groups is 1. The summed E-state index contributed by atoms with van der Waals surface area (Å²) in [6, 6.07) is 10.1. The fourth-order valence-corrected chi connectivity index (χ4v) is 4.71. The van der Waals surface area contributed by atoms with Crippen molar-refractivity contribution in [3.63, 3.8) is 0 Å². The Morgan fingerprint density at radius 2 is 2.11 bits per heavy atom. The first kappa shape index (κ1) is 14.4. The molecular weight excluding hydrogens is 350 g/mol. The van der Waals surface area contributed by atoms with E-state index >= 15 is 0 Å². The molecule has 1 aromatic heterocycles. The van der Waals surface area contributed by atoms with Crippen LogP contribution in [0.2, 0.25) is 5.02 Å². The standard InChI is InChI=1S/C13H13BrClNS2/c1-8(16)13(12-6-9(14)7-17-12)18-11-5-3-2-4-10(11)15/h2-8,13H,16H2,1H3. The van der Waals surface area contributed by atoms with Crippen molar-refractivity contribution >= 4 is 50.6 Å². The highest BCUT2D eigenvalue weighted by molar-refractivity contribution is 9.10. The molecule has 2 aromatic rings. The molecule has 0 radical (unpaired) electrons. The minimum Gasteiger partial charge on any atom is -0.327 e. The molecule has 18 heavy (non-hydrogen) atoms. The summed E-state index contributed by atoms with van der Waals surface area (Å²) < 4.78 is 1.10. The molecular formula is C13H13BrClNS2. The summed E-state index contributed by atoms with van der Waals surface area (Å²) >= 11 is 13.1. The molecule has 0 spiro atoms. The molecule has 0 fully saturated rings. The summed E-state index contributed by atoms with van der Waals surface area (Å²) in [5.74, 6) is 0. The lowest BCUT2D eigenvalue weighted by molar-refractivity contribution is 0.730. The Labute approximate surface area is 129 Å². The molecule has 2 N–H and O–H groups in total. The molecule has 1 heterocycles. The van der Waals surface area contributed by atoms with Crippen LogP contribution >= 0.6 is 50.6 Å². The lowest BCUT2D eigenvalue weighted by Gasteiger charge is -2.19. The van der Waals surface area contributed by atoms with Crippen LogP contribution in [0.3, 0.4) is 0 Å². The van der Waals surface area contributed by atoms with Gasteiger partial charge in [-0.1, -0.05) is 23.7 Å². The Kier molecular flexibility index (Phi) is 5.15. The van der Waals surface area contributed by atoms with Crippen LogP contribution in [0.15, 0.2) is 45.1 Å². The zero-order chi connectivity index (χ0) is 13.1. The van der Waals surface area contributed by atoms with E-state index in [4.69, 9.17) is 17.3 Å². The number of hydrogen-bond donors (Lipinski definition) is 1. The number of thiophene rings is 1. The van der Waals surface area contributed by atoms with Gasteiger partial charge < -0.3 is 5.73 Å². The second kappa shape index (κ2) is 6.44. The van der Waals surface area contributed by atoms with Crippen molar-refractivity contribution in [1.29, 1.82) is 0 Å². The molecule has 96 valence electrons. The minimum absolute atomic E-state index is 0.0665. The van der Waals surface area contributed by atoms with Crippen LogP contribution in [0.4, 0.5) is 0 Å². The summed E-state index contributed by atoms with van der Waals surface area (Å²) in [5, 5.41) is 3.09. The van der Waals surface area contributed by atoms with Crippen molar-refractivity contribution < 1.29 is 0 Å². The molecule has 1 aromatic carbocycles. The fraction of sp³-hybridized carbons (Fsp3) is 0.231. The van der Waals surface area contributed by atoms with E-state index in [-0.39, 0.29) is 11.3 Å². The average Bonchev–Trinajstić information content (AvgIpc) is 2.74. The van der Waals surface area contributed by atoms with Crippen LogP contribution in [0.25, 0.3) is 0 Å². The van der Waals surface area contributed by atoms with E-state index in [1.807, 2.05) is 31.2 Å². The van der Waals surface area contributed by atoms with Crippen molar-refractivity contribution in [1.82, 2.24) is 0 Å². The Morgan fingerprint density at radius 3 is 2.67 bits per heavy atom. The van der Waals surface area contributed by atoms with Gasteiger partial charge >= 0.3 is 0 Å². The smallest absolute Gasteiger partial charge is 0.0587 e. The van der Waals surface area contributed by atoms with E-state index in [2.05, 4.69) is 27.4 Å². The largest absolute Gasteiger partial charge is 0.327 e. The number of benzene rings is 1. The second-order valence-electron chi connectivity index (χ2n) is 4.00. The molecule has 0 amide bonds. The van der Waals surface area contributed by atoms with Crippen LogP contribution in [0.5, 0.6) is 0 Å². The van der Waals surface area contributed by atoms with Gasteiger partial charge in [0.2, 0.25) is 0 Å². The molecule has 0 aliphatic rings. The maximum atomic E-state index is 6.20. The number of hydrogen-bond acceptors (Lipinski definition) is 3. The molecule has 0 aliphatic carbocycles. The van der Waals surface area contributed by atoms with E-state index in [0.29, 0.717) is 0 Å². The fourth-order valence-electron chi connectivity index (χ4n) is 1.58. The average molecular weight is 363 g/mol. The van der Waals surface area contributed by atoms with Crippen LogP contribution in [-0.4, -0.2) is 6.04 Å². The second-order valence-corrected chi connectivity index (χ2v) is 7.44. The Hall–Kier alpha value is -0.0000000000000000833. The van der Waals surface area contributed by atoms with Crippen molar-refractivity contribution in [2.75, 3.05) is 0 Å². The number of nitrogens with two attached hydrogens (primary N) is 1. The van der Waals surface area contributed by atoms with E-state index in [1.165, 1.54) is 4.88 Å². The molecule has 2 unspecified atom stereocenters. The molecule has 5 heteroatoms. The Morgan fingerprint density at radius 1 is 1.39 bits per heavy atom. The number of halogens is 2. The lowest BCUT2D eigenvalue weighted by atomic mass is 10.2. The van der Waals surface area contributed by atoms with Crippen LogP contribution < -0.4 is 5.73 Å². The van der Waals surface area contributed by atoms with Gasteiger partial charge in [0.1, 0.15) is 0 Å². The monoisotopic (exact) mass is 361 g/mol. The summed E-state index contributed by atoms with van der Waals surface area (Å²) in [6.45, 7) is 2.03. The van der Waals surface area contributed by atoms with Gasteiger partial charge in [-0.25, -0.2) is 0 Å². The van der Waals surface area contributed by atoms with Crippen LogP contribution in [0, 0.1) is 0 Å². The third-order valence-electron chi connectivity index (χ3n) is 2.44. The quantitative estimate of drug-likeness (QED) is 0.742. The molecule has 0 saturated carbocycles. The highest BCUT2D eigenvalue weighted by Gasteiger charge is 2.20. The topological polar surface area (TPSA) is 26.0 Å². The van der Waals surface area contributed by atoms with Gasteiger partial charge in [0.15, 0.2) is 0 Å². The predicted octanol–water partition coefficient (Wildman–Crippen LogP) is 5.34. The first-order chi connectivity index (χ1) is 8.58. The van der Waals surface area contributed by atoms with Crippen molar-refractivity contribution in [2.24, 2.45) is 5.73 Å². The van der Waals surface area contributed by atoms with E-state index < -0.39 is 0 Å². The third-order valence-corrected chi connectivity index (χ3v) is 6.35. The predicted molar refractivity (Wildman–Crippen MR) is 85.7 cm³/mol. The third kappa shape index (κ3) is 3.52. The highest BCUT2D eigenvalue weighted by Crippen LogP contribution is 2.42. The van der Waals surface area contributed by atoms with E-state index in [0.717, 1.165) is 14.4 Å². The SMILES string of the molecule is CC(N)C(Sc1ccccc1Cl)c1cc(Br)cs1. The maximum Gasteiger partial charge on any atom is 0.0587 e. The summed E-state index contributed by atoms with van der Waals surface area (Å²) in [5.41, 5.74) is 6.10. The summed E-state index contributed by atoms with van der Waals surface area (Å²) in [6.07, 6.45) is 0. The van der Waals surface area contributed by atoms with Gasteiger partial charge in [-0.2, -0.15) is 0 Å². The normalized spacial score (nSPS) is 14.4. The van der Waals surface area contributed by atoms with Gasteiger partial charge in [-0.15, -0.1) is 23.1 Å². The Bertz CT molecular complexity index is 527. The van der Waals surface area contributed by atoms with Crippen LogP contribution in [-0.2, 0) is 0 Å². The number of rotatable bonds is 4. The summed E-state index contributed by atoms with van der Waals surface area (Å²) in [4.78, 5) is 2.34. The molecule has 0 bridgehead atoms. The van der Waals surface area contributed by atoms with E-state index in [9.17, 15) is 0 Å². The highest BCUT2D eigenvalue weighted by atomic mass is 79.9. The first-order valence-corrected chi connectivity index (χ1v) is 8.41. The molecule has 2 rings (SSSR count). The molecule has 2 atom stereocenters. The first-order valence-electron chi connectivity index (χ1n) is 5.48. The molecule has 0 saturated heterocycles. The van der Waals surface area contributed by atoms with Crippen molar-refractivity contribution in [3.8, 4) is 0 Å². The lowest BCUT2D eigenvalue weighted by Crippen LogP contribution is -2.21. The van der Waals surface area contributed by atoms with Gasteiger partial charge in [0.05, 0.1) is 10.3 Å². The van der Waals surface area contributed by atoms with Gasteiger partial charge in [0, 0.05) is 25.7 Å². The van der Waals surface area contributed by atoms with E-state index in [1.54, 1.807) is 23.1 Å². The maximum absolute atomic E-state index is 6.20. The molecule has 1 nitrogen and oxygen atoms in total. The zero-order valence-electron chi connectivity index (χ0n) is 9.77. The van der Waals surface area contributed by atoms with Crippen LogP contribution in [0.1, 0.15) is 17.1 Å². The summed E-state index contributed by atoms with van der Waals surface area (Å²) in [7, 11) is 0. The van der Waals surface area contributed by atoms with Crippen molar-refractivity contribution in [2.45, 2.75) is 23.1 Å².